The van der Waals surface area contributed by atoms with E-state index in [0.717, 1.165) is 6.42 Å². The summed E-state index contributed by atoms with van der Waals surface area (Å²) >= 11 is 0. The molecule has 2 unspecified atom stereocenters. The second-order valence-corrected chi connectivity index (χ2v) is 7.12. The van der Waals surface area contributed by atoms with Crippen LogP contribution in [0.2, 0.25) is 0 Å². The van der Waals surface area contributed by atoms with Crippen molar-refractivity contribution in [2.75, 3.05) is 13.2 Å². The van der Waals surface area contributed by atoms with Crippen LogP contribution in [0, 0.1) is 11.8 Å². The molecular formula is C15H24N4O4. The van der Waals surface area contributed by atoms with Crippen molar-refractivity contribution in [3.63, 3.8) is 0 Å². The largest absolute Gasteiger partial charge is 0.474 e. The van der Waals surface area contributed by atoms with Crippen molar-refractivity contribution in [1.29, 1.82) is 0 Å². The molecule has 4 N–H and O–H groups in total. The number of amides is 2. The maximum absolute atomic E-state index is 11.2. The number of nitrogens with zero attached hydrogens (tertiary/aromatic N) is 2. The van der Waals surface area contributed by atoms with E-state index in [0.29, 0.717) is 13.2 Å². The van der Waals surface area contributed by atoms with Crippen molar-refractivity contribution in [1.82, 2.24) is 0 Å². The summed E-state index contributed by atoms with van der Waals surface area (Å²) in [5.41, 5.74) is 9.50. The molecule has 0 aromatic carbocycles. The zero-order valence-corrected chi connectivity index (χ0v) is 14.0. The van der Waals surface area contributed by atoms with Gasteiger partial charge in [0.2, 0.25) is 0 Å². The van der Waals surface area contributed by atoms with Gasteiger partial charge < -0.3 is 20.9 Å². The number of hydrogen-bond acceptors (Lipinski definition) is 6. The van der Waals surface area contributed by atoms with Gasteiger partial charge in [0.1, 0.15) is 0 Å². The summed E-state index contributed by atoms with van der Waals surface area (Å²) in [7, 11) is 0. The molecule has 0 aliphatic carbocycles. The molecule has 2 rings (SSSR count). The fraction of sp³-hybridized carbons (Fsp3) is 0.733. The normalized spacial score (nSPS) is 28.7. The summed E-state index contributed by atoms with van der Waals surface area (Å²) in [6, 6.07) is 0. The molecule has 0 fully saturated rings. The van der Waals surface area contributed by atoms with Crippen LogP contribution in [0.5, 0.6) is 0 Å². The molecule has 2 aliphatic rings. The number of aliphatic imine (C=N–C) groups is 2. The number of nitrogens with two attached hydrogens (primary N) is 2. The van der Waals surface area contributed by atoms with E-state index in [1.165, 1.54) is 0 Å². The molecule has 0 aromatic heterocycles. The van der Waals surface area contributed by atoms with Crippen molar-refractivity contribution < 1.29 is 19.1 Å². The lowest BCUT2D eigenvalue weighted by Crippen LogP contribution is -2.48. The van der Waals surface area contributed by atoms with Crippen LogP contribution in [-0.4, -0.2) is 47.9 Å². The summed E-state index contributed by atoms with van der Waals surface area (Å²) in [6.45, 7) is 8.48. The Balaban J connectivity index is 2.14. The Morgan fingerprint density at radius 2 is 1.30 bits per heavy atom. The van der Waals surface area contributed by atoms with Crippen LogP contribution in [0.3, 0.4) is 0 Å². The molecule has 0 saturated heterocycles. The lowest BCUT2D eigenvalue weighted by Gasteiger charge is -2.41. The number of rotatable bonds is 4. The van der Waals surface area contributed by atoms with Crippen molar-refractivity contribution in [3.05, 3.63) is 0 Å². The molecule has 128 valence electrons. The third-order valence-electron chi connectivity index (χ3n) is 4.61. The van der Waals surface area contributed by atoms with Gasteiger partial charge in [-0.05, 0) is 34.1 Å². The molecule has 2 atom stereocenters. The van der Waals surface area contributed by atoms with Gasteiger partial charge in [0.05, 0.1) is 24.3 Å². The highest BCUT2D eigenvalue weighted by Crippen LogP contribution is 2.37. The SMILES string of the molecule is CC1(C)N=C(C(N)=O)OCC1CC1COC(C(N)=O)=NC1(C)C. The van der Waals surface area contributed by atoms with Gasteiger partial charge in [-0.2, -0.15) is 0 Å². The fourth-order valence-electron chi connectivity index (χ4n) is 2.85. The van der Waals surface area contributed by atoms with E-state index >= 15 is 0 Å². The zero-order chi connectivity index (χ0) is 17.4. The van der Waals surface area contributed by atoms with E-state index in [2.05, 4.69) is 9.98 Å². The van der Waals surface area contributed by atoms with Crippen LogP contribution >= 0.6 is 0 Å². The molecule has 0 radical (unpaired) electrons. The molecule has 0 bridgehead atoms. The average molecular weight is 324 g/mol. The molecule has 23 heavy (non-hydrogen) atoms. The number of hydrogen-bond donors (Lipinski definition) is 2. The van der Waals surface area contributed by atoms with Gasteiger partial charge in [-0.3, -0.25) is 9.59 Å². The summed E-state index contributed by atoms with van der Waals surface area (Å²) in [4.78, 5) is 31.1. The molecule has 2 amide bonds. The molecule has 0 saturated carbocycles. The number of carbonyl (C=O) groups excluding carboxylic acids is 2. The number of primary amides is 2. The first kappa shape index (κ1) is 17.2. The lowest BCUT2D eigenvalue weighted by molar-refractivity contribution is -0.114. The topological polar surface area (TPSA) is 129 Å². The molecule has 8 heteroatoms. The Kier molecular flexibility index (Phi) is 4.37. The van der Waals surface area contributed by atoms with Crippen LogP contribution in [0.25, 0.3) is 0 Å². The fourth-order valence-corrected chi connectivity index (χ4v) is 2.85. The van der Waals surface area contributed by atoms with Crippen LogP contribution in [0.1, 0.15) is 34.1 Å². The number of ether oxygens (including phenoxy) is 2. The minimum atomic E-state index is -0.659. The van der Waals surface area contributed by atoms with E-state index in [9.17, 15) is 9.59 Å². The Bertz CT molecular complexity index is 530. The summed E-state index contributed by atoms with van der Waals surface area (Å²) < 4.78 is 10.8. The molecule has 2 heterocycles. The van der Waals surface area contributed by atoms with Crippen molar-refractivity contribution in [2.24, 2.45) is 33.3 Å². The van der Waals surface area contributed by atoms with E-state index in [1.54, 1.807) is 0 Å². The van der Waals surface area contributed by atoms with Crippen molar-refractivity contribution in [3.8, 4) is 0 Å². The minimum Gasteiger partial charge on any atom is -0.474 e. The molecule has 8 nitrogen and oxygen atoms in total. The maximum Gasteiger partial charge on any atom is 0.303 e. The van der Waals surface area contributed by atoms with E-state index in [1.807, 2.05) is 27.7 Å². The van der Waals surface area contributed by atoms with E-state index in [4.69, 9.17) is 20.9 Å². The highest BCUT2D eigenvalue weighted by atomic mass is 16.5. The minimum absolute atomic E-state index is 0.0283. The molecule has 0 spiro atoms. The van der Waals surface area contributed by atoms with Crippen LogP contribution in [-0.2, 0) is 19.1 Å². The highest BCUT2D eigenvalue weighted by molar-refractivity contribution is 6.35. The lowest BCUT2D eigenvalue weighted by atomic mass is 9.75. The maximum atomic E-state index is 11.2. The van der Waals surface area contributed by atoms with Gasteiger partial charge in [0.15, 0.2) is 0 Å². The van der Waals surface area contributed by atoms with Gasteiger partial charge in [0.25, 0.3) is 11.8 Å². The second kappa shape index (κ2) is 5.82. The molecular weight excluding hydrogens is 300 g/mol. The first-order chi connectivity index (χ1) is 10.5. The second-order valence-electron chi connectivity index (χ2n) is 7.12. The molecule has 2 aliphatic heterocycles. The van der Waals surface area contributed by atoms with Crippen molar-refractivity contribution >= 4 is 23.6 Å². The average Bonchev–Trinajstić information content (AvgIpc) is 2.41. The summed E-state index contributed by atoms with van der Waals surface area (Å²) in [6.07, 6.45) is 0.727. The van der Waals surface area contributed by atoms with E-state index in [-0.39, 0.29) is 23.6 Å². The smallest absolute Gasteiger partial charge is 0.303 e. The van der Waals surface area contributed by atoms with Crippen molar-refractivity contribution in [2.45, 2.75) is 45.2 Å². The van der Waals surface area contributed by atoms with Crippen LogP contribution < -0.4 is 11.5 Å². The standard InChI is InChI=1S/C15H24N4O4/c1-14(2)8(6-22-12(18-14)10(16)20)5-9-7-23-13(11(17)21)19-15(9,3)4/h8-9H,5-7H2,1-4H3,(H2,16,20)(H2,17,21). The van der Waals surface area contributed by atoms with Crippen LogP contribution in [0.15, 0.2) is 9.98 Å². The van der Waals surface area contributed by atoms with Gasteiger partial charge >= 0.3 is 11.8 Å². The molecule has 0 aromatic rings. The number of carbonyl (C=O) groups is 2. The van der Waals surface area contributed by atoms with Gasteiger partial charge in [-0.1, -0.05) is 0 Å². The third-order valence-corrected chi connectivity index (χ3v) is 4.61. The first-order valence-electron chi connectivity index (χ1n) is 7.58. The highest BCUT2D eigenvalue weighted by Gasteiger charge is 2.42. The predicted molar refractivity (Wildman–Crippen MR) is 84.9 cm³/mol. The Morgan fingerprint density at radius 3 is 1.57 bits per heavy atom. The third kappa shape index (κ3) is 3.62. The Morgan fingerprint density at radius 1 is 0.957 bits per heavy atom. The van der Waals surface area contributed by atoms with Gasteiger partial charge in [0, 0.05) is 11.8 Å². The first-order valence-corrected chi connectivity index (χ1v) is 7.58. The monoisotopic (exact) mass is 324 g/mol. The van der Waals surface area contributed by atoms with Gasteiger partial charge in [-0.15, -0.1) is 0 Å². The Labute approximate surface area is 135 Å². The predicted octanol–water partition coefficient (Wildman–Crippen LogP) is -0.00590. The summed E-state index contributed by atoms with van der Waals surface area (Å²) in [5, 5.41) is 0. The van der Waals surface area contributed by atoms with Crippen LogP contribution in [0.4, 0.5) is 0 Å². The zero-order valence-electron chi connectivity index (χ0n) is 14.0. The quantitative estimate of drug-likeness (QED) is 0.753. The van der Waals surface area contributed by atoms with Gasteiger partial charge in [-0.25, -0.2) is 9.98 Å². The Hall–Kier alpha value is -2.12. The summed E-state index contributed by atoms with van der Waals surface area (Å²) in [5.74, 6) is -1.23. The van der Waals surface area contributed by atoms with E-state index < -0.39 is 22.9 Å².